The Balaban J connectivity index is 2.28. The van der Waals surface area contributed by atoms with Crippen molar-refractivity contribution < 1.29 is 8.78 Å². The molecule has 18 heavy (non-hydrogen) atoms. The average molecular weight is 275 g/mol. The van der Waals surface area contributed by atoms with Crippen molar-refractivity contribution in [3.05, 3.63) is 34.4 Å². The van der Waals surface area contributed by atoms with Crippen LogP contribution in [-0.4, -0.2) is 24.0 Å². The lowest BCUT2D eigenvalue weighted by atomic mass is 10.1. The van der Waals surface area contributed by atoms with Gasteiger partial charge in [-0.3, -0.25) is 4.90 Å². The Hall–Kier alpha value is -0.710. The third-order valence-corrected chi connectivity index (χ3v) is 3.77. The van der Waals surface area contributed by atoms with E-state index in [-0.39, 0.29) is 11.1 Å². The highest BCUT2D eigenvalue weighted by Gasteiger charge is 2.33. The Morgan fingerprint density at radius 3 is 2.67 bits per heavy atom. The highest BCUT2D eigenvalue weighted by Crippen LogP contribution is 2.37. The van der Waals surface area contributed by atoms with Gasteiger partial charge in [0, 0.05) is 31.2 Å². The second-order valence-electron chi connectivity index (χ2n) is 4.72. The maximum absolute atomic E-state index is 13.5. The van der Waals surface area contributed by atoms with Crippen LogP contribution in [0, 0.1) is 11.6 Å². The summed E-state index contributed by atoms with van der Waals surface area (Å²) in [7, 11) is 0. The van der Waals surface area contributed by atoms with Gasteiger partial charge in [0.1, 0.15) is 11.6 Å². The summed E-state index contributed by atoms with van der Waals surface area (Å²) >= 11 is 5.93. The summed E-state index contributed by atoms with van der Waals surface area (Å²) in [5, 5.41) is 0.00608. The second kappa shape index (κ2) is 5.51. The smallest absolute Gasteiger partial charge is 0.145 e. The van der Waals surface area contributed by atoms with E-state index >= 15 is 0 Å². The Morgan fingerprint density at radius 2 is 2.11 bits per heavy atom. The number of benzene rings is 1. The van der Waals surface area contributed by atoms with E-state index in [1.165, 1.54) is 6.07 Å². The van der Waals surface area contributed by atoms with Crippen molar-refractivity contribution in [1.29, 1.82) is 0 Å². The molecule has 0 spiro atoms. The Labute approximate surface area is 111 Å². The summed E-state index contributed by atoms with van der Waals surface area (Å²) < 4.78 is 26.7. The van der Waals surface area contributed by atoms with Gasteiger partial charge in [0.2, 0.25) is 0 Å². The van der Waals surface area contributed by atoms with Crippen LogP contribution in [0.5, 0.6) is 0 Å². The van der Waals surface area contributed by atoms with E-state index in [9.17, 15) is 8.78 Å². The van der Waals surface area contributed by atoms with Crippen LogP contribution in [0.25, 0.3) is 0 Å². The normalized spacial score (nSPS) is 17.2. The molecule has 2 N–H and O–H groups in total. The molecule has 0 radical (unpaired) electrons. The molecule has 1 fully saturated rings. The van der Waals surface area contributed by atoms with Gasteiger partial charge in [-0.1, -0.05) is 11.6 Å². The van der Waals surface area contributed by atoms with E-state index in [0.29, 0.717) is 24.7 Å². The van der Waals surface area contributed by atoms with Gasteiger partial charge < -0.3 is 5.73 Å². The third kappa shape index (κ3) is 2.82. The van der Waals surface area contributed by atoms with Gasteiger partial charge in [-0.25, -0.2) is 8.78 Å². The molecular formula is C13H17ClF2N2. The van der Waals surface area contributed by atoms with Crippen molar-refractivity contribution in [3.63, 3.8) is 0 Å². The first-order valence-corrected chi connectivity index (χ1v) is 6.52. The quantitative estimate of drug-likeness (QED) is 0.836. The monoisotopic (exact) mass is 274 g/mol. The van der Waals surface area contributed by atoms with E-state index in [1.54, 1.807) is 0 Å². The molecular weight excluding hydrogens is 258 g/mol. The van der Waals surface area contributed by atoms with Gasteiger partial charge in [0.05, 0.1) is 5.02 Å². The fraction of sp³-hybridized carbons (Fsp3) is 0.538. The van der Waals surface area contributed by atoms with E-state index in [2.05, 4.69) is 4.90 Å². The summed E-state index contributed by atoms with van der Waals surface area (Å²) in [6, 6.07) is 2.45. The number of rotatable bonds is 5. The zero-order valence-corrected chi connectivity index (χ0v) is 11.1. The fourth-order valence-corrected chi connectivity index (χ4v) is 2.57. The van der Waals surface area contributed by atoms with Crippen LogP contribution in [0.4, 0.5) is 8.78 Å². The zero-order chi connectivity index (χ0) is 13.3. The molecule has 0 aliphatic heterocycles. The molecule has 2 rings (SSSR count). The van der Waals surface area contributed by atoms with E-state index in [0.717, 1.165) is 18.9 Å². The predicted octanol–water partition coefficient (Wildman–Crippen LogP) is 3.10. The average Bonchev–Trinajstić information content (AvgIpc) is 3.14. The van der Waals surface area contributed by atoms with Crippen molar-refractivity contribution in [3.8, 4) is 0 Å². The summed E-state index contributed by atoms with van der Waals surface area (Å²) in [4.78, 5) is 2.17. The fourth-order valence-electron chi connectivity index (χ4n) is 2.31. The van der Waals surface area contributed by atoms with Crippen molar-refractivity contribution in [2.75, 3.05) is 13.1 Å². The molecule has 100 valence electrons. The first kappa shape index (κ1) is 13.7. The van der Waals surface area contributed by atoms with Crippen molar-refractivity contribution in [2.45, 2.75) is 31.8 Å². The Kier molecular flexibility index (Phi) is 4.20. The number of hydrogen-bond acceptors (Lipinski definition) is 2. The van der Waals surface area contributed by atoms with Crippen molar-refractivity contribution >= 4 is 11.6 Å². The van der Waals surface area contributed by atoms with Crippen LogP contribution >= 0.6 is 11.6 Å². The highest BCUT2D eigenvalue weighted by molar-refractivity contribution is 6.31. The molecule has 1 aliphatic rings. The molecule has 1 aromatic carbocycles. The Bertz CT molecular complexity index is 435. The SMILES string of the molecule is CC(c1cc(F)cc(F)c1Cl)N(CCN)C1CC1. The van der Waals surface area contributed by atoms with E-state index in [1.807, 2.05) is 6.92 Å². The predicted molar refractivity (Wildman–Crippen MR) is 68.6 cm³/mol. The maximum Gasteiger partial charge on any atom is 0.145 e. The summed E-state index contributed by atoms with van der Waals surface area (Å²) in [5.41, 5.74) is 6.08. The molecule has 0 aromatic heterocycles. The highest BCUT2D eigenvalue weighted by atomic mass is 35.5. The molecule has 0 amide bonds. The molecule has 1 unspecified atom stereocenters. The topological polar surface area (TPSA) is 29.3 Å². The standard InChI is InChI=1S/C13H17ClF2N2/c1-8(18(5-4-17)10-2-3-10)11-6-9(15)7-12(16)13(11)14/h6-8,10H,2-5,17H2,1H3. The third-order valence-electron chi connectivity index (χ3n) is 3.37. The van der Waals surface area contributed by atoms with Crippen LogP contribution in [0.3, 0.4) is 0 Å². The van der Waals surface area contributed by atoms with Gasteiger partial charge in [-0.2, -0.15) is 0 Å². The number of nitrogens with zero attached hydrogens (tertiary/aromatic N) is 1. The number of halogens is 3. The molecule has 0 saturated heterocycles. The minimum absolute atomic E-state index is 0.00608. The molecule has 1 saturated carbocycles. The van der Waals surface area contributed by atoms with Gasteiger partial charge in [-0.05, 0) is 31.4 Å². The largest absolute Gasteiger partial charge is 0.329 e. The van der Waals surface area contributed by atoms with Crippen LogP contribution in [0.2, 0.25) is 5.02 Å². The first-order valence-electron chi connectivity index (χ1n) is 6.15. The lowest BCUT2D eigenvalue weighted by Gasteiger charge is -2.29. The summed E-state index contributed by atoms with van der Waals surface area (Å²) in [6.45, 7) is 3.14. The van der Waals surface area contributed by atoms with Crippen LogP contribution in [-0.2, 0) is 0 Å². The van der Waals surface area contributed by atoms with Gasteiger partial charge in [0.25, 0.3) is 0 Å². The van der Waals surface area contributed by atoms with E-state index < -0.39 is 11.6 Å². The van der Waals surface area contributed by atoms with Crippen LogP contribution in [0.15, 0.2) is 12.1 Å². The Morgan fingerprint density at radius 1 is 1.44 bits per heavy atom. The molecule has 0 heterocycles. The lowest BCUT2D eigenvalue weighted by molar-refractivity contribution is 0.205. The van der Waals surface area contributed by atoms with Gasteiger partial charge >= 0.3 is 0 Å². The molecule has 0 bridgehead atoms. The van der Waals surface area contributed by atoms with Crippen LogP contribution < -0.4 is 5.73 Å². The maximum atomic E-state index is 13.5. The second-order valence-corrected chi connectivity index (χ2v) is 5.10. The molecule has 1 aliphatic carbocycles. The molecule has 5 heteroatoms. The number of nitrogens with two attached hydrogens (primary N) is 1. The minimum atomic E-state index is -0.706. The molecule has 2 nitrogen and oxygen atoms in total. The molecule has 1 aromatic rings. The van der Waals surface area contributed by atoms with Gasteiger partial charge in [0.15, 0.2) is 0 Å². The van der Waals surface area contributed by atoms with Gasteiger partial charge in [-0.15, -0.1) is 0 Å². The first-order chi connectivity index (χ1) is 8.54. The minimum Gasteiger partial charge on any atom is -0.329 e. The lowest BCUT2D eigenvalue weighted by Crippen LogP contribution is -2.34. The summed E-state index contributed by atoms with van der Waals surface area (Å²) in [6.07, 6.45) is 2.22. The number of hydrogen-bond donors (Lipinski definition) is 1. The van der Waals surface area contributed by atoms with Crippen LogP contribution in [0.1, 0.15) is 31.4 Å². The van der Waals surface area contributed by atoms with Crippen molar-refractivity contribution in [2.24, 2.45) is 5.73 Å². The van der Waals surface area contributed by atoms with Crippen molar-refractivity contribution in [1.82, 2.24) is 4.90 Å². The summed E-state index contributed by atoms with van der Waals surface area (Å²) in [5.74, 6) is -1.30. The zero-order valence-electron chi connectivity index (χ0n) is 10.3. The molecule has 1 atom stereocenters. The van der Waals surface area contributed by atoms with E-state index in [4.69, 9.17) is 17.3 Å².